The van der Waals surface area contributed by atoms with E-state index in [4.69, 9.17) is 0 Å². The van der Waals surface area contributed by atoms with Crippen molar-refractivity contribution in [2.45, 2.75) is 6.18 Å². The second-order valence-corrected chi connectivity index (χ2v) is 3.84. The first-order valence-corrected chi connectivity index (χ1v) is 5.09. The van der Waals surface area contributed by atoms with Gasteiger partial charge in [-0.2, -0.15) is 23.4 Å². The highest BCUT2D eigenvalue weighted by atomic mass is 19.4. The number of nitrogens with one attached hydrogen (secondary N) is 2. The number of fused-ring (bicyclic) bond motifs is 1. The first-order valence-electron chi connectivity index (χ1n) is 5.09. The van der Waals surface area contributed by atoms with Gasteiger partial charge in [0, 0.05) is 17.1 Å². The van der Waals surface area contributed by atoms with Crippen LogP contribution in [0.4, 0.5) is 13.2 Å². The number of halogens is 3. The number of aromatic nitrogens is 4. The lowest BCUT2D eigenvalue weighted by Gasteiger charge is -2.09. The van der Waals surface area contributed by atoms with Crippen molar-refractivity contribution in [2.24, 2.45) is 0 Å². The quantitative estimate of drug-likeness (QED) is 0.699. The summed E-state index contributed by atoms with van der Waals surface area (Å²) in [6, 6.07) is 2.15. The number of benzene rings is 1. The Kier molecular flexibility index (Phi) is 2.16. The standard InChI is InChI=1S/C11H7F3N4/c12-11(13,14)7-1-8(6-3-15-16-4-6)9-5-17-18-10(9)2-7/h1-5H,(H,15,16)(H,17,18). The highest BCUT2D eigenvalue weighted by Crippen LogP contribution is 2.36. The molecule has 0 amide bonds. The van der Waals surface area contributed by atoms with Gasteiger partial charge in [-0.25, -0.2) is 0 Å². The molecule has 1 aromatic carbocycles. The van der Waals surface area contributed by atoms with Gasteiger partial charge < -0.3 is 0 Å². The lowest BCUT2D eigenvalue weighted by Crippen LogP contribution is -2.04. The van der Waals surface area contributed by atoms with Crippen molar-refractivity contribution >= 4 is 10.9 Å². The van der Waals surface area contributed by atoms with Crippen molar-refractivity contribution in [3.8, 4) is 11.1 Å². The molecule has 3 aromatic rings. The maximum absolute atomic E-state index is 12.8. The highest BCUT2D eigenvalue weighted by Gasteiger charge is 2.31. The average Bonchev–Trinajstić information content (AvgIpc) is 2.97. The van der Waals surface area contributed by atoms with E-state index in [2.05, 4.69) is 20.4 Å². The Morgan fingerprint density at radius 3 is 2.56 bits per heavy atom. The second-order valence-electron chi connectivity index (χ2n) is 3.84. The van der Waals surface area contributed by atoms with Crippen LogP contribution in [0.5, 0.6) is 0 Å². The molecule has 0 aliphatic heterocycles. The number of alkyl halides is 3. The molecule has 2 heterocycles. The number of aromatic amines is 2. The van der Waals surface area contributed by atoms with Gasteiger partial charge in [-0.05, 0) is 17.7 Å². The molecule has 3 rings (SSSR count). The molecule has 18 heavy (non-hydrogen) atoms. The topological polar surface area (TPSA) is 57.4 Å². The molecule has 2 N–H and O–H groups in total. The zero-order chi connectivity index (χ0) is 12.8. The van der Waals surface area contributed by atoms with Crippen molar-refractivity contribution < 1.29 is 13.2 Å². The molecule has 0 atom stereocenters. The predicted octanol–water partition coefficient (Wildman–Crippen LogP) is 2.97. The molecule has 4 nitrogen and oxygen atoms in total. The van der Waals surface area contributed by atoms with Crippen LogP contribution in [-0.2, 0) is 6.18 Å². The van der Waals surface area contributed by atoms with Crippen LogP contribution in [0.2, 0.25) is 0 Å². The summed E-state index contributed by atoms with van der Waals surface area (Å²) in [7, 11) is 0. The summed E-state index contributed by atoms with van der Waals surface area (Å²) in [5, 5.41) is 13.3. The molecule has 0 bridgehead atoms. The average molecular weight is 252 g/mol. The summed E-state index contributed by atoms with van der Waals surface area (Å²) < 4.78 is 38.4. The zero-order valence-electron chi connectivity index (χ0n) is 8.92. The summed E-state index contributed by atoms with van der Waals surface area (Å²) in [6.07, 6.45) is 0.124. The van der Waals surface area contributed by atoms with Crippen molar-refractivity contribution in [3.05, 3.63) is 36.3 Å². The number of rotatable bonds is 1. The number of nitrogens with zero attached hydrogens (tertiary/aromatic N) is 2. The maximum atomic E-state index is 12.8. The van der Waals surface area contributed by atoms with Crippen LogP contribution in [0.1, 0.15) is 5.56 Å². The van der Waals surface area contributed by atoms with E-state index in [1.807, 2.05) is 0 Å². The largest absolute Gasteiger partial charge is 0.416 e. The van der Waals surface area contributed by atoms with E-state index in [0.29, 0.717) is 22.0 Å². The fourth-order valence-electron chi connectivity index (χ4n) is 1.85. The Balaban J connectivity index is 2.32. The summed E-state index contributed by atoms with van der Waals surface area (Å²) >= 11 is 0. The van der Waals surface area contributed by atoms with Gasteiger partial charge in [0.25, 0.3) is 0 Å². The monoisotopic (exact) mass is 252 g/mol. The van der Waals surface area contributed by atoms with Crippen molar-refractivity contribution in [1.29, 1.82) is 0 Å². The van der Waals surface area contributed by atoms with Crippen LogP contribution in [0, 0.1) is 0 Å². The molecule has 0 aliphatic rings. The van der Waals surface area contributed by atoms with Crippen LogP contribution >= 0.6 is 0 Å². The van der Waals surface area contributed by atoms with Crippen molar-refractivity contribution in [3.63, 3.8) is 0 Å². The molecular weight excluding hydrogens is 245 g/mol. The van der Waals surface area contributed by atoms with Gasteiger partial charge in [0.15, 0.2) is 0 Å². The third-order valence-electron chi connectivity index (χ3n) is 2.70. The number of H-pyrrole nitrogens is 2. The minimum absolute atomic E-state index is 0.348. The van der Waals surface area contributed by atoms with Gasteiger partial charge in [-0.1, -0.05) is 0 Å². The summed E-state index contributed by atoms with van der Waals surface area (Å²) in [5.74, 6) is 0. The van der Waals surface area contributed by atoms with Gasteiger partial charge in [-0.3, -0.25) is 10.2 Å². The molecule has 0 aliphatic carbocycles. The number of hydrogen-bond donors (Lipinski definition) is 2. The van der Waals surface area contributed by atoms with Crippen LogP contribution in [0.25, 0.3) is 22.0 Å². The van der Waals surface area contributed by atoms with Crippen molar-refractivity contribution in [2.75, 3.05) is 0 Å². The third kappa shape index (κ3) is 1.64. The minimum atomic E-state index is -4.39. The van der Waals surface area contributed by atoms with Crippen LogP contribution < -0.4 is 0 Å². The Morgan fingerprint density at radius 2 is 1.89 bits per heavy atom. The van der Waals surface area contributed by atoms with E-state index >= 15 is 0 Å². The Labute approximate surface area is 98.8 Å². The minimum Gasteiger partial charge on any atom is -0.285 e. The molecule has 2 aromatic heterocycles. The van der Waals surface area contributed by atoms with E-state index in [-0.39, 0.29) is 0 Å². The van der Waals surface area contributed by atoms with Crippen LogP contribution in [0.15, 0.2) is 30.7 Å². The van der Waals surface area contributed by atoms with E-state index in [1.165, 1.54) is 12.4 Å². The molecule has 0 spiro atoms. The molecule has 7 heteroatoms. The lowest BCUT2D eigenvalue weighted by atomic mass is 10.0. The summed E-state index contributed by atoms with van der Waals surface area (Å²) in [4.78, 5) is 0. The second kappa shape index (κ2) is 3.59. The van der Waals surface area contributed by atoms with Gasteiger partial charge >= 0.3 is 6.18 Å². The van der Waals surface area contributed by atoms with Gasteiger partial charge in [0.2, 0.25) is 0 Å². The molecule has 92 valence electrons. The molecule has 0 unspecified atom stereocenters. The predicted molar refractivity (Wildman–Crippen MR) is 58.7 cm³/mol. The van der Waals surface area contributed by atoms with E-state index < -0.39 is 11.7 Å². The van der Waals surface area contributed by atoms with Gasteiger partial charge in [-0.15, -0.1) is 0 Å². The fourth-order valence-corrected chi connectivity index (χ4v) is 1.85. The zero-order valence-corrected chi connectivity index (χ0v) is 8.92. The van der Waals surface area contributed by atoms with E-state index in [0.717, 1.165) is 12.1 Å². The molecule has 0 radical (unpaired) electrons. The van der Waals surface area contributed by atoms with E-state index in [1.54, 1.807) is 6.20 Å². The van der Waals surface area contributed by atoms with Crippen LogP contribution in [0.3, 0.4) is 0 Å². The summed E-state index contributed by atoms with van der Waals surface area (Å²) in [5.41, 5.74) is 0.673. The highest BCUT2D eigenvalue weighted by molar-refractivity contribution is 5.94. The molecular formula is C11H7F3N4. The number of hydrogen-bond acceptors (Lipinski definition) is 2. The van der Waals surface area contributed by atoms with Gasteiger partial charge in [0.05, 0.1) is 23.5 Å². The Hall–Kier alpha value is -2.31. The Bertz CT molecular complexity index is 682. The van der Waals surface area contributed by atoms with Crippen LogP contribution in [-0.4, -0.2) is 20.4 Å². The normalized spacial score (nSPS) is 12.2. The third-order valence-corrected chi connectivity index (χ3v) is 2.70. The molecule has 0 saturated carbocycles. The first kappa shape index (κ1) is 10.8. The van der Waals surface area contributed by atoms with Crippen molar-refractivity contribution in [1.82, 2.24) is 20.4 Å². The first-order chi connectivity index (χ1) is 8.55. The maximum Gasteiger partial charge on any atom is 0.416 e. The SMILES string of the molecule is FC(F)(F)c1cc(-c2cn[nH]c2)c2cn[nH]c2c1. The lowest BCUT2D eigenvalue weighted by molar-refractivity contribution is -0.137. The molecule has 0 fully saturated rings. The Morgan fingerprint density at radius 1 is 1.06 bits per heavy atom. The van der Waals surface area contributed by atoms with E-state index in [9.17, 15) is 13.2 Å². The molecule has 0 saturated heterocycles. The van der Waals surface area contributed by atoms with Gasteiger partial charge in [0.1, 0.15) is 0 Å². The summed E-state index contributed by atoms with van der Waals surface area (Å²) in [6.45, 7) is 0. The smallest absolute Gasteiger partial charge is 0.285 e. The fraction of sp³-hybridized carbons (Fsp3) is 0.0909.